The van der Waals surface area contributed by atoms with E-state index in [0.717, 1.165) is 0 Å². The quantitative estimate of drug-likeness (QED) is 0.399. The van der Waals surface area contributed by atoms with Crippen LogP contribution in [0.1, 0.15) is 80.1 Å². The van der Waals surface area contributed by atoms with E-state index in [9.17, 15) is 0 Å². The normalized spacial score (nSPS) is 19.5. The average molecular weight is 449 g/mol. The Bertz CT molecular complexity index is 502. The molecule has 2 rings (SSSR count). The molecule has 0 aliphatic heterocycles. The van der Waals surface area contributed by atoms with Gasteiger partial charge in [0.05, 0.1) is 0 Å². The number of hydrogen-bond donors (Lipinski definition) is 0. The monoisotopic (exact) mass is 450 g/mol. The summed E-state index contributed by atoms with van der Waals surface area (Å²) in [5.41, 5.74) is 10.4. The zero-order chi connectivity index (χ0) is 15.6. The molecule has 0 aromatic rings. The molecule has 0 radical (unpaired) electrons. The standard InChI is InChI=1S/2C10H15.Hf/c2*1-4-9-6-8(3)10(5-2)7-9;/h2*4-6H2,1-3H3;. The van der Waals surface area contributed by atoms with E-state index in [1.165, 1.54) is 38.5 Å². The fraction of sp³-hybridized carbons (Fsp3) is 0.600. The molecule has 0 N–H and O–H groups in total. The van der Waals surface area contributed by atoms with E-state index in [0.29, 0.717) is 0 Å². The van der Waals surface area contributed by atoms with Crippen LogP contribution in [-0.2, 0) is 22.9 Å². The Kier molecular flexibility index (Phi) is 6.05. The average Bonchev–Trinajstić information content (AvgIpc) is 2.95. The molecule has 0 heterocycles. The van der Waals surface area contributed by atoms with Crippen LogP contribution in [0.25, 0.3) is 0 Å². The van der Waals surface area contributed by atoms with Crippen molar-refractivity contribution in [2.24, 2.45) is 0 Å². The first-order chi connectivity index (χ1) is 10.1. The summed E-state index contributed by atoms with van der Waals surface area (Å²) in [5.74, 6) is 0. The third kappa shape index (κ3) is 3.28. The second kappa shape index (κ2) is 7.40. The van der Waals surface area contributed by atoms with Crippen LogP contribution >= 0.6 is 0 Å². The Hall–Kier alpha value is -0.170. The van der Waals surface area contributed by atoms with E-state index in [2.05, 4.69) is 41.5 Å². The molecule has 2 aliphatic rings. The van der Waals surface area contributed by atoms with Gasteiger partial charge in [0.2, 0.25) is 0 Å². The predicted molar refractivity (Wildman–Crippen MR) is 89.9 cm³/mol. The molecule has 0 bridgehead atoms. The third-order valence-corrected chi connectivity index (χ3v) is 11.6. The summed E-state index contributed by atoms with van der Waals surface area (Å²) in [6.07, 6.45) is 7.58. The van der Waals surface area contributed by atoms with E-state index < -0.39 is 22.9 Å². The van der Waals surface area contributed by atoms with Gasteiger partial charge in [-0.2, -0.15) is 0 Å². The Morgan fingerprint density at radius 3 is 1.33 bits per heavy atom. The van der Waals surface area contributed by atoms with Gasteiger partial charge in [-0.05, 0) is 0 Å². The van der Waals surface area contributed by atoms with Crippen molar-refractivity contribution in [1.29, 1.82) is 0 Å². The maximum absolute atomic E-state index is 2.37. The molecule has 0 aromatic carbocycles. The van der Waals surface area contributed by atoms with Crippen molar-refractivity contribution in [1.82, 2.24) is 0 Å². The van der Waals surface area contributed by atoms with Gasteiger partial charge in [0.25, 0.3) is 0 Å². The molecule has 0 unspecified atom stereocenters. The number of hydrogen-bond acceptors (Lipinski definition) is 0. The van der Waals surface area contributed by atoms with Crippen molar-refractivity contribution in [2.75, 3.05) is 0 Å². The second-order valence-electron chi connectivity index (χ2n) is 6.37. The van der Waals surface area contributed by atoms with Gasteiger partial charge in [-0.25, -0.2) is 0 Å². The van der Waals surface area contributed by atoms with Crippen molar-refractivity contribution < 1.29 is 22.9 Å². The summed E-state index contributed by atoms with van der Waals surface area (Å²) in [4.78, 5) is 0. The summed E-state index contributed by atoms with van der Waals surface area (Å²) >= 11 is -0.886. The summed E-state index contributed by atoms with van der Waals surface area (Å²) in [6, 6.07) is 0. The molecule has 0 fully saturated rings. The van der Waals surface area contributed by atoms with E-state index in [1.54, 1.807) is 33.4 Å². The summed E-state index contributed by atoms with van der Waals surface area (Å²) < 4.78 is 3.78. The van der Waals surface area contributed by atoms with Crippen LogP contribution < -0.4 is 0 Å². The van der Waals surface area contributed by atoms with Crippen LogP contribution in [-0.4, -0.2) is 0 Å². The number of allylic oxidation sites excluding steroid dienone is 8. The SMILES string of the molecule is CCC1=[C]([Hf][C]2=C(CC)CC(C)=C2CC)C(CC)=C(C)C1. The molecule has 0 aromatic heterocycles. The molecule has 0 spiro atoms. The van der Waals surface area contributed by atoms with Gasteiger partial charge in [0.1, 0.15) is 0 Å². The van der Waals surface area contributed by atoms with E-state index in [-0.39, 0.29) is 0 Å². The summed E-state index contributed by atoms with van der Waals surface area (Å²) in [5, 5.41) is 0. The molecule has 114 valence electrons. The van der Waals surface area contributed by atoms with Gasteiger partial charge in [-0.3, -0.25) is 0 Å². The van der Waals surface area contributed by atoms with Crippen LogP contribution in [0.3, 0.4) is 0 Å². The second-order valence-corrected chi connectivity index (χ2v) is 10.9. The van der Waals surface area contributed by atoms with Crippen molar-refractivity contribution in [3.8, 4) is 0 Å². The van der Waals surface area contributed by atoms with Gasteiger partial charge in [-0.1, -0.05) is 0 Å². The topological polar surface area (TPSA) is 0 Å². The molecule has 0 saturated heterocycles. The summed E-state index contributed by atoms with van der Waals surface area (Å²) in [7, 11) is 0. The van der Waals surface area contributed by atoms with Gasteiger partial charge in [-0.15, -0.1) is 0 Å². The first-order valence-corrected chi connectivity index (χ1v) is 12.2. The zero-order valence-corrected chi connectivity index (χ0v) is 18.3. The first kappa shape index (κ1) is 17.2. The van der Waals surface area contributed by atoms with E-state index in [4.69, 9.17) is 0 Å². The summed E-state index contributed by atoms with van der Waals surface area (Å²) in [6.45, 7) is 14.2. The molecular weight excluding hydrogens is 419 g/mol. The minimum atomic E-state index is -0.886. The third-order valence-electron chi connectivity index (χ3n) is 5.11. The van der Waals surface area contributed by atoms with Crippen molar-refractivity contribution in [2.45, 2.75) is 80.1 Å². The van der Waals surface area contributed by atoms with Crippen molar-refractivity contribution in [3.05, 3.63) is 40.1 Å². The molecule has 0 nitrogen and oxygen atoms in total. The van der Waals surface area contributed by atoms with Crippen LogP contribution in [0, 0.1) is 0 Å². The first-order valence-electron chi connectivity index (χ1n) is 8.66. The molecule has 0 saturated carbocycles. The van der Waals surface area contributed by atoms with Crippen LogP contribution in [0.2, 0.25) is 0 Å². The van der Waals surface area contributed by atoms with Crippen LogP contribution in [0.4, 0.5) is 0 Å². The zero-order valence-electron chi connectivity index (χ0n) is 14.7. The van der Waals surface area contributed by atoms with E-state index in [1.807, 2.05) is 6.66 Å². The Balaban J connectivity index is 2.39. The van der Waals surface area contributed by atoms with Gasteiger partial charge in [0, 0.05) is 0 Å². The fourth-order valence-electron chi connectivity index (χ4n) is 3.90. The molecule has 21 heavy (non-hydrogen) atoms. The molecule has 1 heteroatoms. The van der Waals surface area contributed by atoms with Gasteiger partial charge >= 0.3 is 143 Å². The van der Waals surface area contributed by atoms with Crippen LogP contribution in [0.15, 0.2) is 40.1 Å². The minimum absolute atomic E-state index is 0.886. The fourth-order valence-corrected chi connectivity index (χ4v) is 11.9. The molecule has 0 atom stereocenters. The predicted octanol–water partition coefficient (Wildman–Crippen LogP) is 6.66. The Morgan fingerprint density at radius 2 is 1.05 bits per heavy atom. The Morgan fingerprint density at radius 1 is 0.667 bits per heavy atom. The Labute approximate surface area is 142 Å². The molecule has 0 amide bonds. The van der Waals surface area contributed by atoms with Crippen LogP contribution in [0.5, 0.6) is 0 Å². The van der Waals surface area contributed by atoms with Gasteiger partial charge in [0.15, 0.2) is 0 Å². The van der Waals surface area contributed by atoms with Crippen molar-refractivity contribution >= 4 is 0 Å². The van der Waals surface area contributed by atoms with Crippen molar-refractivity contribution in [3.63, 3.8) is 0 Å². The molecule has 2 aliphatic carbocycles. The number of rotatable bonds is 6. The maximum atomic E-state index is 2.37. The van der Waals surface area contributed by atoms with Gasteiger partial charge < -0.3 is 0 Å². The van der Waals surface area contributed by atoms with E-state index >= 15 is 0 Å². The molecular formula is C20H30Hf.